The predicted octanol–water partition coefficient (Wildman–Crippen LogP) is 1.18. The maximum Gasteiger partial charge on any atom is 0.289 e. The minimum absolute atomic E-state index is 0.0209. The molecule has 2 N–H and O–H groups in total. The van der Waals surface area contributed by atoms with E-state index in [4.69, 9.17) is 22.4 Å². The normalized spacial score (nSPS) is 15.1. The van der Waals surface area contributed by atoms with E-state index in [-0.39, 0.29) is 46.9 Å². The number of piperazine rings is 1. The van der Waals surface area contributed by atoms with Crippen molar-refractivity contribution in [3.8, 4) is 0 Å². The molecular formula is C17H17ClN6O3S. The number of amides is 1. The van der Waals surface area contributed by atoms with Gasteiger partial charge in [0.05, 0.1) is 11.1 Å². The van der Waals surface area contributed by atoms with Crippen LogP contribution in [-0.2, 0) is 21.2 Å². The van der Waals surface area contributed by atoms with Crippen molar-refractivity contribution in [1.82, 2.24) is 19.8 Å². The highest BCUT2D eigenvalue weighted by molar-refractivity contribution is 7.90. The quantitative estimate of drug-likeness (QED) is 0.564. The third-order valence-electron chi connectivity index (χ3n) is 4.22. The Bertz CT molecular complexity index is 1060. The number of benzene rings is 1. The van der Waals surface area contributed by atoms with Crippen LogP contribution in [0.2, 0.25) is 5.02 Å². The van der Waals surface area contributed by atoms with Gasteiger partial charge in [-0.2, -0.15) is 0 Å². The molecule has 28 heavy (non-hydrogen) atoms. The highest BCUT2D eigenvalue weighted by Crippen LogP contribution is 2.23. The smallest absolute Gasteiger partial charge is 0.289 e. The van der Waals surface area contributed by atoms with Gasteiger partial charge < -0.3 is 9.80 Å². The first-order valence-electron chi connectivity index (χ1n) is 8.17. The van der Waals surface area contributed by atoms with Gasteiger partial charge in [-0.25, -0.2) is 13.4 Å². The summed E-state index contributed by atoms with van der Waals surface area (Å²) < 4.78 is 24.1. The second-order valence-corrected chi connectivity index (χ2v) is 8.61. The summed E-state index contributed by atoms with van der Waals surface area (Å²) in [7, 11) is -3.53. The zero-order chi connectivity index (χ0) is 20.5. The van der Waals surface area contributed by atoms with E-state index in [1.807, 2.05) is 0 Å². The van der Waals surface area contributed by atoms with Crippen molar-refractivity contribution in [1.29, 1.82) is 10.8 Å². The number of nitrogens with one attached hydrogen (secondary N) is 2. The SMILES string of the molecule is CS(=O)(=O)c1cc(Cl)ccc1CN1CCN(C(=N)c2cnccn2)C(=N)C1=O. The summed E-state index contributed by atoms with van der Waals surface area (Å²) in [5, 5.41) is 16.6. The second kappa shape index (κ2) is 7.64. The van der Waals surface area contributed by atoms with Gasteiger partial charge >= 0.3 is 0 Å². The molecular weight excluding hydrogens is 404 g/mol. The van der Waals surface area contributed by atoms with Gasteiger partial charge in [0.2, 0.25) is 0 Å². The number of aromatic nitrogens is 2. The van der Waals surface area contributed by atoms with Gasteiger partial charge in [-0.15, -0.1) is 0 Å². The number of halogens is 1. The highest BCUT2D eigenvalue weighted by Gasteiger charge is 2.33. The topological polar surface area (TPSA) is 131 Å². The number of carbonyl (C=O) groups is 1. The van der Waals surface area contributed by atoms with Crippen LogP contribution in [0.25, 0.3) is 0 Å². The molecule has 11 heteroatoms. The first-order valence-corrected chi connectivity index (χ1v) is 10.4. The molecule has 3 rings (SSSR count). The van der Waals surface area contributed by atoms with Crippen LogP contribution in [0, 0.1) is 10.8 Å². The van der Waals surface area contributed by atoms with Gasteiger partial charge in [0.1, 0.15) is 5.69 Å². The summed E-state index contributed by atoms with van der Waals surface area (Å²) in [6.07, 6.45) is 5.36. The molecule has 1 aliphatic heterocycles. The number of carbonyl (C=O) groups excluding carboxylic acids is 1. The van der Waals surface area contributed by atoms with Gasteiger partial charge in [0.15, 0.2) is 21.5 Å². The number of rotatable bonds is 4. The van der Waals surface area contributed by atoms with E-state index in [0.717, 1.165) is 6.26 Å². The van der Waals surface area contributed by atoms with Crippen LogP contribution in [0.4, 0.5) is 0 Å². The van der Waals surface area contributed by atoms with Crippen molar-refractivity contribution < 1.29 is 13.2 Å². The number of amidine groups is 2. The molecule has 1 amide bonds. The van der Waals surface area contributed by atoms with E-state index in [2.05, 4.69) is 9.97 Å². The van der Waals surface area contributed by atoms with Gasteiger partial charge in [0.25, 0.3) is 5.91 Å². The summed E-state index contributed by atoms with van der Waals surface area (Å²) in [5.74, 6) is -1.07. The van der Waals surface area contributed by atoms with Gasteiger partial charge in [-0.05, 0) is 17.7 Å². The van der Waals surface area contributed by atoms with Gasteiger partial charge in [0, 0.05) is 43.3 Å². The molecule has 0 spiro atoms. The molecule has 2 heterocycles. The summed E-state index contributed by atoms with van der Waals surface area (Å²) in [4.78, 5) is 23.2. The first-order chi connectivity index (χ1) is 13.2. The molecule has 1 aliphatic rings. The largest absolute Gasteiger partial charge is 0.330 e. The zero-order valence-electron chi connectivity index (χ0n) is 14.9. The van der Waals surface area contributed by atoms with Crippen molar-refractivity contribution >= 4 is 39.0 Å². The van der Waals surface area contributed by atoms with Crippen LogP contribution in [0.3, 0.4) is 0 Å². The summed E-state index contributed by atoms with van der Waals surface area (Å²) in [5.41, 5.74) is 0.677. The average Bonchev–Trinajstić information content (AvgIpc) is 2.66. The van der Waals surface area contributed by atoms with Crippen LogP contribution < -0.4 is 0 Å². The summed E-state index contributed by atoms with van der Waals surface area (Å²) in [6.45, 7) is 0.449. The molecule has 9 nitrogen and oxygen atoms in total. The van der Waals surface area contributed by atoms with Crippen LogP contribution in [0.5, 0.6) is 0 Å². The molecule has 1 saturated heterocycles. The Kier molecular flexibility index (Phi) is 5.43. The van der Waals surface area contributed by atoms with Crippen molar-refractivity contribution in [3.63, 3.8) is 0 Å². The lowest BCUT2D eigenvalue weighted by Crippen LogP contribution is -2.55. The third kappa shape index (κ3) is 4.02. The lowest BCUT2D eigenvalue weighted by molar-refractivity contribution is -0.126. The summed E-state index contributed by atoms with van der Waals surface area (Å²) in [6, 6.07) is 4.47. The van der Waals surface area contributed by atoms with Gasteiger partial charge in [-0.1, -0.05) is 17.7 Å². The fourth-order valence-electron chi connectivity index (χ4n) is 2.84. The Balaban J connectivity index is 1.81. The standard InChI is InChI=1S/C17H17ClN6O3S/c1-28(26,27)14-8-12(18)3-2-11(14)10-23-6-7-24(16(20)17(23)25)15(19)13-9-21-4-5-22-13/h2-5,8-9,19-20H,6-7,10H2,1H3. The number of hydrogen-bond acceptors (Lipinski definition) is 7. The van der Waals surface area contributed by atoms with E-state index in [9.17, 15) is 13.2 Å². The van der Waals surface area contributed by atoms with Crippen LogP contribution in [0.1, 0.15) is 11.3 Å². The minimum atomic E-state index is -3.53. The van der Waals surface area contributed by atoms with E-state index in [0.29, 0.717) is 5.56 Å². The maximum absolute atomic E-state index is 12.7. The van der Waals surface area contributed by atoms with E-state index in [1.54, 1.807) is 12.1 Å². The van der Waals surface area contributed by atoms with Crippen molar-refractivity contribution in [2.45, 2.75) is 11.4 Å². The fraction of sp³-hybridized carbons (Fsp3) is 0.235. The molecule has 0 aliphatic carbocycles. The maximum atomic E-state index is 12.7. The molecule has 2 aromatic rings. The molecule has 0 bridgehead atoms. The number of hydrogen-bond donors (Lipinski definition) is 2. The second-order valence-electron chi connectivity index (χ2n) is 6.19. The van der Waals surface area contributed by atoms with Crippen molar-refractivity contribution in [3.05, 3.63) is 53.1 Å². The molecule has 0 atom stereocenters. The average molecular weight is 421 g/mol. The first kappa shape index (κ1) is 19.9. The molecule has 0 saturated carbocycles. The monoisotopic (exact) mass is 420 g/mol. The Labute approximate surface area is 166 Å². The molecule has 1 aromatic carbocycles. The number of nitrogens with zero attached hydrogens (tertiary/aromatic N) is 4. The Morgan fingerprint density at radius 3 is 2.68 bits per heavy atom. The third-order valence-corrected chi connectivity index (χ3v) is 5.63. The lowest BCUT2D eigenvalue weighted by Gasteiger charge is -2.35. The fourth-order valence-corrected chi connectivity index (χ4v) is 4.03. The highest BCUT2D eigenvalue weighted by atomic mass is 35.5. The van der Waals surface area contributed by atoms with Crippen molar-refractivity contribution in [2.24, 2.45) is 0 Å². The van der Waals surface area contributed by atoms with E-state index < -0.39 is 15.7 Å². The lowest BCUT2D eigenvalue weighted by atomic mass is 10.1. The van der Waals surface area contributed by atoms with E-state index >= 15 is 0 Å². The summed E-state index contributed by atoms with van der Waals surface area (Å²) >= 11 is 5.91. The van der Waals surface area contributed by atoms with E-state index in [1.165, 1.54) is 34.5 Å². The Hall–Kier alpha value is -2.85. The Morgan fingerprint density at radius 2 is 2.04 bits per heavy atom. The van der Waals surface area contributed by atoms with Crippen molar-refractivity contribution in [2.75, 3.05) is 19.3 Å². The molecule has 0 radical (unpaired) electrons. The van der Waals surface area contributed by atoms with Crippen LogP contribution in [-0.4, -0.2) is 65.1 Å². The Morgan fingerprint density at radius 1 is 1.29 bits per heavy atom. The van der Waals surface area contributed by atoms with Crippen LogP contribution >= 0.6 is 11.6 Å². The molecule has 1 fully saturated rings. The minimum Gasteiger partial charge on any atom is -0.330 e. The predicted molar refractivity (Wildman–Crippen MR) is 103 cm³/mol. The molecule has 1 aromatic heterocycles. The zero-order valence-corrected chi connectivity index (χ0v) is 16.5. The van der Waals surface area contributed by atoms with Crippen LogP contribution in [0.15, 0.2) is 41.7 Å². The molecule has 0 unspecified atom stereocenters. The number of sulfone groups is 1. The van der Waals surface area contributed by atoms with Gasteiger partial charge in [-0.3, -0.25) is 20.6 Å². The molecule has 146 valence electrons.